The molecule has 1 aromatic heterocycles. The molecule has 0 saturated carbocycles. The van der Waals surface area contributed by atoms with Gasteiger partial charge in [-0.1, -0.05) is 202 Å². The molecule has 1 heterocycles. The van der Waals surface area contributed by atoms with E-state index in [4.69, 9.17) is 0 Å². The monoisotopic (exact) mass is 858 g/mol. The molecule has 10 aromatic carbocycles. The Morgan fingerprint density at radius 3 is 1.58 bits per heavy atom. The first-order valence-corrected chi connectivity index (χ1v) is 23.5. The average molecular weight is 859 g/mol. The molecular weight excluding hydrogens is 809 g/mol. The highest BCUT2D eigenvalue weighted by Crippen LogP contribution is 2.50. The van der Waals surface area contributed by atoms with Crippen LogP contribution in [0.4, 0.5) is 17.1 Å². The Labute approximate surface area is 393 Å². The normalized spacial score (nSPS) is 13.0. The van der Waals surface area contributed by atoms with Crippen LogP contribution >= 0.6 is 0 Å². The zero-order chi connectivity index (χ0) is 44.9. The van der Waals surface area contributed by atoms with E-state index in [1.54, 1.807) is 0 Å². The molecule has 2 nitrogen and oxygen atoms in total. The van der Waals surface area contributed by atoms with E-state index in [9.17, 15) is 0 Å². The van der Waals surface area contributed by atoms with Gasteiger partial charge in [0.1, 0.15) is 0 Å². The number of hydrogen-bond acceptors (Lipinski definition) is 1. The number of para-hydroxylation sites is 2. The summed E-state index contributed by atoms with van der Waals surface area (Å²) in [5, 5.41) is 2.46. The van der Waals surface area contributed by atoms with Crippen molar-refractivity contribution >= 4 is 38.9 Å². The molecule has 1 unspecified atom stereocenters. The molecule has 1 atom stereocenters. The standard InChI is InChI=1S/C65H50N2/c1-65(2)61-24-14-12-22-56(61)59-43-51(34-40-62(59)65)58(50-30-28-48(29-31-50)46-16-6-3-7-17-46)42-45-26-35-53(36-27-45)66(54-37-32-49(33-38-54)47-18-8-4-9-19-47)55-39-41-64-60(44-55)57-23-13-15-25-63(57)67(64)52-20-10-5-11-21-52/h3-41,43-44,58H,42H2,1-2H3. The van der Waals surface area contributed by atoms with Gasteiger partial charge in [-0.15, -0.1) is 0 Å². The van der Waals surface area contributed by atoms with Gasteiger partial charge in [0.25, 0.3) is 0 Å². The summed E-state index contributed by atoms with van der Waals surface area (Å²) in [6.07, 6.45) is 0.867. The number of fused-ring (bicyclic) bond motifs is 6. The Morgan fingerprint density at radius 1 is 0.388 bits per heavy atom. The lowest BCUT2D eigenvalue weighted by Gasteiger charge is -2.27. The van der Waals surface area contributed by atoms with E-state index in [0.29, 0.717) is 0 Å². The second-order valence-electron chi connectivity index (χ2n) is 18.5. The fraction of sp³-hybridized carbons (Fsp3) is 0.0769. The zero-order valence-electron chi connectivity index (χ0n) is 37.9. The maximum Gasteiger partial charge on any atom is 0.0542 e. The number of anilines is 3. The molecule has 0 radical (unpaired) electrons. The molecule has 1 aliphatic carbocycles. The first kappa shape index (κ1) is 40.3. The summed E-state index contributed by atoms with van der Waals surface area (Å²) in [4.78, 5) is 2.41. The summed E-state index contributed by atoms with van der Waals surface area (Å²) < 4.78 is 2.38. The molecule has 11 aromatic rings. The largest absolute Gasteiger partial charge is 0.310 e. The first-order chi connectivity index (χ1) is 33.0. The van der Waals surface area contributed by atoms with Crippen LogP contribution in [0.2, 0.25) is 0 Å². The highest BCUT2D eigenvalue weighted by atomic mass is 15.1. The molecule has 0 saturated heterocycles. The molecule has 0 amide bonds. The van der Waals surface area contributed by atoms with Gasteiger partial charge in [0.05, 0.1) is 11.0 Å². The van der Waals surface area contributed by atoms with E-state index >= 15 is 0 Å². The van der Waals surface area contributed by atoms with E-state index in [0.717, 1.165) is 29.2 Å². The number of benzene rings is 10. The number of rotatable bonds is 10. The number of aromatic nitrogens is 1. The third-order valence-corrected chi connectivity index (χ3v) is 14.2. The Balaban J connectivity index is 0.947. The van der Waals surface area contributed by atoms with Gasteiger partial charge in [-0.3, -0.25) is 0 Å². The van der Waals surface area contributed by atoms with Gasteiger partial charge in [0, 0.05) is 44.9 Å². The third-order valence-electron chi connectivity index (χ3n) is 14.2. The minimum absolute atomic E-state index is 0.0373. The van der Waals surface area contributed by atoms with E-state index in [1.807, 2.05) is 0 Å². The second-order valence-corrected chi connectivity index (χ2v) is 18.5. The molecule has 320 valence electrons. The Kier molecular flexibility index (Phi) is 10.0. The molecule has 1 aliphatic rings. The molecule has 0 bridgehead atoms. The van der Waals surface area contributed by atoms with Crippen molar-refractivity contribution in [1.82, 2.24) is 4.57 Å². The zero-order valence-corrected chi connectivity index (χ0v) is 37.9. The van der Waals surface area contributed by atoms with E-state index in [-0.39, 0.29) is 11.3 Å². The average Bonchev–Trinajstić information content (AvgIpc) is 3.84. The summed E-state index contributed by atoms with van der Waals surface area (Å²) in [6.45, 7) is 4.72. The van der Waals surface area contributed by atoms with Gasteiger partial charge in [-0.2, -0.15) is 0 Å². The Morgan fingerprint density at radius 2 is 0.896 bits per heavy atom. The van der Waals surface area contributed by atoms with Crippen molar-refractivity contribution in [3.63, 3.8) is 0 Å². The number of nitrogens with zero attached hydrogens (tertiary/aromatic N) is 2. The van der Waals surface area contributed by atoms with Gasteiger partial charge in [0.2, 0.25) is 0 Å². The van der Waals surface area contributed by atoms with Crippen LogP contribution < -0.4 is 4.90 Å². The topological polar surface area (TPSA) is 8.17 Å². The predicted octanol–water partition coefficient (Wildman–Crippen LogP) is 17.3. The third kappa shape index (κ3) is 7.23. The van der Waals surface area contributed by atoms with Crippen LogP contribution in [0.1, 0.15) is 47.6 Å². The highest BCUT2D eigenvalue weighted by molar-refractivity contribution is 6.10. The second kappa shape index (κ2) is 16.7. The lowest BCUT2D eigenvalue weighted by atomic mass is 9.80. The molecule has 0 aliphatic heterocycles. The SMILES string of the molecule is CC1(C)c2ccccc2-c2cc(C(Cc3ccc(N(c4ccc(-c5ccccc5)cc4)c4ccc5c(c4)c4ccccc4n5-c4ccccc4)cc3)c3ccc(-c4ccccc4)cc3)ccc21. The fourth-order valence-corrected chi connectivity index (χ4v) is 10.8. The summed E-state index contributed by atoms with van der Waals surface area (Å²) in [5.74, 6) is 0.155. The van der Waals surface area contributed by atoms with Crippen LogP contribution in [0, 0.1) is 0 Å². The minimum atomic E-state index is -0.0373. The van der Waals surface area contributed by atoms with Gasteiger partial charge in [-0.25, -0.2) is 0 Å². The lowest BCUT2D eigenvalue weighted by molar-refractivity contribution is 0.659. The van der Waals surface area contributed by atoms with Crippen LogP contribution in [-0.2, 0) is 11.8 Å². The maximum atomic E-state index is 2.48. The molecule has 0 fully saturated rings. The van der Waals surface area contributed by atoms with Crippen LogP contribution in [0.3, 0.4) is 0 Å². The number of hydrogen-bond donors (Lipinski definition) is 0. The maximum absolute atomic E-state index is 2.48. The summed E-state index contributed by atoms with van der Waals surface area (Å²) in [6, 6.07) is 91.6. The lowest BCUT2D eigenvalue weighted by Crippen LogP contribution is -2.15. The smallest absolute Gasteiger partial charge is 0.0542 e. The van der Waals surface area contributed by atoms with Crippen molar-refractivity contribution in [3.8, 4) is 39.1 Å². The fourth-order valence-electron chi connectivity index (χ4n) is 10.8. The van der Waals surface area contributed by atoms with Crippen molar-refractivity contribution < 1.29 is 0 Å². The molecule has 0 N–H and O–H groups in total. The Bertz CT molecular complexity index is 3530. The quantitative estimate of drug-likeness (QED) is 0.133. The Hall–Kier alpha value is -8.20. The van der Waals surface area contributed by atoms with Gasteiger partial charge in [-0.05, 0) is 128 Å². The molecule has 67 heavy (non-hydrogen) atoms. The van der Waals surface area contributed by atoms with E-state index in [2.05, 4.69) is 272 Å². The van der Waals surface area contributed by atoms with E-state index in [1.165, 1.54) is 83.0 Å². The molecular formula is C65H50N2. The predicted molar refractivity (Wildman–Crippen MR) is 282 cm³/mol. The van der Waals surface area contributed by atoms with Crippen molar-refractivity contribution in [3.05, 3.63) is 277 Å². The van der Waals surface area contributed by atoms with E-state index < -0.39 is 0 Å². The van der Waals surface area contributed by atoms with Crippen LogP contribution in [0.25, 0.3) is 60.9 Å². The van der Waals surface area contributed by atoms with Crippen molar-refractivity contribution in [2.24, 2.45) is 0 Å². The van der Waals surface area contributed by atoms with Gasteiger partial charge >= 0.3 is 0 Å². The molecule has 2 heteroatoms. The molecule has 12 rings (SSSR count). The van der Waals surface area contributed by atoms with Crippen molar-refractivity contribution in [1.29, 1.82) is 0 Å². The first-order valence-electron chi connectivity index (χ1n) is 23.5. The van der Waals surface area contributed by atoms with Crippen molar-refractivity contribution in [2.45, 2.75) is 31.6 Å². The molecule has 0 spiro atoms. The minimum Gasteiger partial charge on any atom is -0.310 e. The summed E-state index contributed by atoms with van der Waals surface area (Å²) in [7, 11) is 0. The highest BCUT2D eigenvalue weighted by Gasteiger charge is 2.35. The van der Waals surface area contributed by atoms with Gasteiger partial charge < -0.3 is 9.47 Å². The van der Waals surface area contributed by atoms with Crippen LogP contribution in [0.15, 0.2) is 249 Å². The van der Waals surface area contributed by atoms with Crippen LogP contribution in [0.5, 0.6) is 0 Å². The van der Waals surface area contributed by atoms with Crippen molar-refractivity contribution in [2.75, 3.05) is 4.90 Å². The van der Waals surface area contributed by atoms with Crippen LogP contribution in [-0.4, -0.2) is 4.57 Å². The summed E-state index contributed by atoms with van der Waals surface area (Å²) in [5.41, 5.74) is 21.2. The van der Waals surface area contributed by atoms with Gasteiger partial charge in [0.15, 0.2) is 0 Å². The summed E-state index contributed by atoms with van der Waals surface area (Å²) >= 11 is 0.